The highest BCUT2D eigenvalue weighted by atomic mass is 35.5. The topological polar surface area (TPSA) is 58.5 Å². The minimum atomic E-state index is 0.358. The molecule has 2 N–H and O–H groups in total. The Kier molecular flexibility index (Phi) is 7.34. The van der Waals surface area contributed by atoms with Crippen LogP contribution in [-0.2, 0) is 13.0 Å². The van der Waals surface area contributed by atoms with E-state index in [0.29, 0.717) is 17.8 Å². The van der Waals surface area contributed by atoms with E-state index in [1.807, 2.05) is 24.3 Å². The quantitative estimate of drug-likeness (QED) is 0.429. The highest BCUT2D eigenvalue weighted by molar-refractivity contribution is 6.29. The SMILES string of the molecule is CN=C(NCCc1ccc(Cl)nc1)NCc1ccccc1OC1CCCC1. The summed E-state index contributed by atoms with van der Waals surface area (Å²) in [6.45, 7) is 1.44. The monoisotopic (exact) mass is 386 g/mol. The van der Waals surface area contributed by atoms with E-state index in [-0.39, 0.29) is 0 Å². The number of hydrogen-bond acceptors (Lipinski definition) is 3. The van der Waals surface area contributed by atoms with Gasteiger partial charge in [0.15, 0.2) is 5.96 Å². The Morgan fingerprint density at radius 1 is 1.19 bits per heavy atom. The van der Waals surface area contributed by atoms with Gasteiger partial charge in [0.1, 0.15) is 10.9 Å². The zero-order valence-electron chi connectivity index (χ0n) is 15.7. The van der Waals surface area contributed by atoms with Crippen molar-refractivity contribution in [1.29, 1.82) is 0 Å². The molecule has 0 spiro atoms. The summed E-state index contributed by atoms with van der Waals surface area (Å²) in [5.41, 5.74) is 2.28. The number of pyridine rings is 1. The number of benzene rings is 1. The highest BCUT2D eigenvalue weighted by Gasteiger charge is 2.17. The molecule has 0 radical (unpaired) electrons. The van der Waals surface area contributed by atoms with E-state index in [1.165, 1.54) is 12.8 Å². The van der Waals surface area contributed by atoms with Crippen LogP contribution in [-0.4, -0.2) is 30.6 Å². The molecule has 1 saturated carbocycles. The summed E-state index contributed by atoms with van der Waals surface area (Å²) in [5, 5.41) is 7.22. The molecule has 6 heteroatoms. The number of ether oxygens (including phenoxy) is 1. The van der Waals surface area contributed by atoms with Gasteiger partial charge in [-0.05, 0) is 49.8 Å². The predicted molar refractivity (Wildman–Crippen MR) is 110 cm³/mol. The van der Waals surface area contributed by atoms with E-state index < -0.39 is 0 Å². The van der Waals surface area contributed by atoms with Crippen LogP contribution in [0.1, 0.15) is 36.8 Å². The number of aliphatic imine (C=N–C) groups is 1. The lowest BCUT2D eigenvalue weighted by atomic mass is 10.2. The van der Waals surface area contributed by atoms with Gasteiger partial charge in [-0.2, -0.15) is 0 Å². The fraction of sp³-hybridized carbons (Fsp3) is 0.429. The van der Waals surface area contributed by atoms with E-state index >= 15 is 0 Å². The lowest BCUT2D eigenvalue weighted by Gasteiger charge is -2.18. The lowest BCUT2D eigenvalue weighted by Crippen LogP contribution is -2.38. The lowest BCUT2D eigenvalue weighted by molar-refractivity contribution is 0.208. The number of rotatable bonds is 7. The maximum absolute atomic E-state index is 6.20. The Labute approximate surface area is 166 Å². The van der Waals surface area contributed by atoms with Gasteiger partial charge >= 0.3 is 0 Å². The number of aromatic nitrogens is 1. The third-order valence-corrected chi connectivity index (χ3v) is 4.96. The molecule has 1 aliphatic rings. The standard InChI is InChI=1S/C21H27ClN4O/c1-23-21(24-13-12-16-10-11-20(22)25-14-16)26-15-17-6-2-5-9-19(17)27-18-7-3-4-8-18/h2,5-6,9-11,14,18H,3-4,7-8,12-13,15H2,1H3,(H2,23,24,26). The first kappa shape index (κ1) is 19.5. The highest BCUT2D eigenvalue weighted by Crippen LogP contribution is 2.26. The van der Waals surface area contributed by atoms with Gasteiger partial charge in [-0.3, -0.25) is 4.99 Å². The molecule has 0 bridgehead atoms. The molecule has 5 nitrogen and oxygen atoms in total. The normalized spacial score (nSPS) is 15.0. The van der Waals surface area contributed by atoms with Crippen LogP contribution in [0, 0.1) is 0 Å². The summed E-state index contributed by atoms with van der Waals surface area (Å²) in [6, 6.07) is 12.0. The average Bonchev–Trinajstić information content (AvgIpc) is 3.20. The van der Waals surface area contributed by atoms with E-state index in [1.54, 1.807) is 13.2 Å². The van der Waals surface area contributed by atoms with E-state index in [0.717, 1.165) is 48.6 Å². The smallest absolute Gasteiger partial charge is 0.191 e. The summed E-state index contributed by atoms with van der Waals surface area (Å²) in [6.07, 6.45) is 7.87. The fourth-order valence-corrected chi connectivity index (χ4v) is 3.34. The number of para-hydroxylation sites is 1. The van der Waals surface area contributed by atoms with Crippen molar-refractivity contribution in [2.75, 3.05) is 13.6 Å². The summed E-state index contributed by atoms with van der Waals surface area (Å²) >= 11 is 5.82. The van der Waals surface area contributed by atoms with Crippen LogP contribution < -0.4 is 15.4 Å². The minimum Gasteiger partial charge on any atom is -0.490 e. The van der Waals surface area contributed by atoms with Gasteiger partial charge in [0.05, 0.1) is 6.10 Å². The second kappa shape index (κ2) is 10.2. The van der Waals surface area contributed by atoms with Gasteiger partial charge in [0.2, 0.25) is 0 Å². The molecule has 1 aromatic carbocycles. The summed E-state index contributed by atoms with van der Waals surface area (Å²) < 4.78 is 6.20. The van der Waals surface area contributed by atoms with Crippen LogP contribution in [0.3, 0.4) is 0 Å². The largest absolute Gasteiger partial charge is 0.490 e. The molecular weight excluding hydrogens is 360 g/mol. The summed E-state index contributed by atoms with van der Waals surface area (Å²) in [5.74, 6) is 1.74. The Balaban J connectivity index is 1.48. The number of nitrogens with zero attached hydrogens (tertiary/aromatic N) is 2. The average molecular weight is 387 g/mol. The van der Waals surface area contributed by atoms with Crippen LogP contribution in [0.5, 0.6) is 5.75 Å². The third kappa shape index (κ3) is 6.14. The number of nitrogens with one attached hydrogen (secondary N) is 2. The third-order valence-electron chi connectivity index (χ3n) is 4.73. The second-order valence-electron chi connectivity index (χ2n) is 6.72. The Morgan fingerprint density at radius 3 is 2.74 bits per heavy atom. The van der Waals surface area contributed by atoms with Crippen molar-refractivity contribution in [2.24, 2.45) is 4.99 Å². The van der Waals surface area contributed by atoms with Gasteiger partial charge in [-0.25, -0.2) is 4.98 Å². The van der Waals surface area contributed by atoms with Crippen LogP contribution in [0.15, 0.2) is 47.6 Å². The van der Waals surface area contributed by atoms with Crippen molar-refractivity contribution in [2.45, 2.75) is 44.8 Å². The van der Waals surface area contributed by atoms with Crippen molar-refractivity contribution >= 4 is 17.6 Å². The molecule has 0 aliphatic heterocycles. The molecule has 3 rings (SSSR count). The molecule has 2 aromatic rings. The molecule has 1 aromatic heterocycles. The van der Waals surface area contributed by atoms with Crippen molar-refractivity contribution in [3.05, 3.63) is 58.9 Å². The number of hydrogen-bond donors (Lipinski definition) is 2. The van der Waals surface area contributed by atoms with E-state index in [2.05, 4.69) is 32.7 Å². The second-order valence-corrected chi connectivity index (χ2v) is 7.11. The molecule has 27 heavy (non-hydrogen) atoms. The first-order valence-corrected chi connectivity index (χ1v) is 9.92. The first-order chi connectivity index (χ1) is 13.2. The Hall–Kier alpha value is -2.27. The van der Waals surface area contributed by atoms with Crippen molar-refractivity contribution in [3.8, 4) is 5.75 Å². The van der Waals surface area contributed by atoms with Gasteiger partial charge in [0.25, 0.3) is 0 Å². The summed E-state index contributed by atoms with van der Waals surface area (Å²) in [4.78, 5) is 8.40. The first-order valence-electron chi connectivity index (χ1n) is 9.54. The van der Waals surface area contributed by atoms with Crippen molar-refractivity contribution in [1.82, 2.24) is 15.6 Å². The van der Waals surface area contributed by atoms with E-state index in [4.69, 9.17) is 16.3 Å². The van der Waals surface area contributed by atoms with Gasteiger partial charge in [0, 0.05) is 31.9 Å². The van der Waals surface area contributed by atoms with Gasteiger partial charge in [-0.15, -0.1) is 0 Å². The zero-order chi connectivity index (χ0) is 18.9. The van der Waals surface area contributed by atoms with Crippen LogP contribution in [0.25, 0.3) is 0 Å². The van der Waals surface area contributed by atoms with Crippen molar-refractivity contribution < 1.29 is 4.74 Å². The molecule has 1 aliphatic carbocycles. The van der Waals surface area contributed by atoms with E-state index in [9.17, 15) is 0 Å². The molecule has 0 atom stereocenters. The zero-order valence-corrected chi connectivity index (χ0v) is 16.5. The minimum absolute atomic E-state index is 0.358. The fourth-order valence-electron chi connectivity index (χ4n) is 3.23. The maximum Gasteiger partial charge on any atom is 0.191 e. The number of guanidine groups is 1. The number of halogens is 1. The molecule has 1 heterocycles. The Morgan fingerprint density at radius 2 is 2.00 bits per heavy atom. The van der Waals surface area contributed by atoms with Gasteiger partial charge in [-0.1, -0.05) is 35.9 Å². The van der Waals surface area contributed by atoms with Gasteiger partial charge < -0.3 is 15.4 Å². The molecule has 0 unspecified atom stereocenters. The summed E-state index contributed by atoms with van der Waals surface area (Å²) in [7, 11) is 1.78. The molecule has 0 amide bonds. The van der Waals surface area contributed by atoms with Crippen LogP contribution in [0.4, 0.5) is 0 Å². The molecule has 1 fully saturated rings. The van der Waals surface area contributed by atoms with Crippen molar-refractivity contribution in [3.63, 3.8) is 0 Å². The molecular formula is C21H27ClN4O. The maximum atomic E-state index is 6.20. The molecule has 0 saturated heterocycles. The Bertz CT molecular complexity index is 742. The molecule has 144 valence electrons. The van der Waals surface area contributed by atoms with Crippen LogP contribution in [0.2, 0.25) is 5.15 Å². The predicted octanol–water partition coefficient (Wildman–Crippen LogP) is 3.96. The van der Waals surface area contributed by atoms with Crippen LogP contribution >= 0.6 is 11.6 Å².